The zero-order valence-electron chi connectivity index (χ0n) is 21.1. The van der Waals surface area contributed by atoms with E-state index >= 15 is 0 Å². The topological polar surface area (TPSA) is 67.4 Å². The smallest absolute Gasteiger partial charge is 0.258 e. The zero-order chi connectivity index (χ0) is 26.6. The predicted octanol–water partition coefficient (Wildman–Crippen LogP) is 6.68. The van der Waals surface area contributed by atoms with E-state index in [4.69, 9.17) is 16.3 Å². The van der Waals surface area contributed by atoms with Crippen LogP contribution in [0, 0.1) is 24.5 Å². The van der Waals surface area contributed by atoms with Gasteiger partial charge in [-0.2, -0.15) is 0 Å². The second kappa shape index (κ2) is 11.5. The molecule has 3 atom stereocenters. The predicted molar refractivity (Wildman–Crippen MR) is 138 cm³/mol. The molecule has 1 amide bonds. The Morgan fingerprint density at radius 3 is 2.64 bits per heavy atom. The summed E-state index contributed by atoms with van der Waals surface area (Å²) in [6.07, 6.45) is 2.58. The fraction of sp³-hybridized carbons (Fsp3) is 0.429. The Kier molecular flexibility index (Phi) is 8.90. The standard InChI is InChI=1S/C28H33ClF2N2O3/c1-16(2)33-28(5,15-20(34)12-19-9-10-36-17(3)11-19)22-7-6-8-26(18(22)4)32-27(35)21-13-23(29)25(31)14-24(21)30/h6-8,13-14,17,19,33H,1,9-12,15H2,2-5H3,(H,32,35)/t17?,19?,28-/m0/s1. The van der Waals surface area contributed by atoms with Gasteiger partial charge in [0.1, 0.15) is 17.4 Å². The maximum absolute atomic E-state index is 14.2. The summed E-state index contributed by atoms with van der Waals surface area (Å²) in [7, 11) is 0. The van der Waals surface area contributed by atoms with Crippen molar-refractivity contribution in [3.8, 4) is 0 Å². The lowest BCUT2D eigenvalue weighted by Gasteiger charge is -2.35. The number of ether oxygens (including phenoxy) is 1. The zero-order valence-corrected chi connectivity index (χ0v) is 21.9. The molecule has 1 aliphatic rings. The summed E-state index contributed by atoms with van der Waals surface area (Å²) in [4.78, 5) is 26.0. The first-order valence-electron chi connectivity index (χ1n) is 12.0. The summed E-state index contributed by atoms with van der Waals surface area (Å²) in [6, 6.07) is 6.88. The van der Waals surface area contributed by atoms with Crippen LogP contribution in [0.4, 0.5) is 14.5 Å². The van der Waals surface area contributed by atoms with Crippen LogP contribution in [0.3, 0.4) is 0 Å². The Hall–Kier alpha value is -2.77. The van der Waals surface area contributed by atoms with Crippen molar-refractivity contribution < 1.29 is 23.1 Å². The molecule has 2 aromatic carbocycles. The van der Waals surface area contributed by atoms with Gasteiger partial charge in [0.25, 0.3) is 5.91 Å². The number of benzene rings is 2. The number of carbonyl (C=O) groups excluding carboxylic acids is 2. The number of Topliss-reactive ketones (excluding diaryl/α,β-unsaturated/α-hetero) is 1. The largest absolute Gasteiger partial charge is 0.379 e. The molecule has 0 aliphatic carbocycles. The van der Waals surface area contributed by atoms with E-state index in [1.165, 1.54) is 0 Å². The van der Waals surface area contributed by atoms with Gasteiger partial charge in [-0.15, -0.1) is 0 Å². The van der Waals surface area contributed by atoms with Crippen LogP contribution < -0.4 is 10.6 Å². The normalized spacial score (nSPS) is 19.3. The first-order valence-corrected chi connectivity index (χ1v) is 12.4. The van der Waals surface area contributed by atoms with E-state index in [1.807, 2.05) is 33.8 Å². The molecule has 0 spiro atoms. The van der Waals surface area contributed by atoms with Gasteiger partial charge in [0, 0.05) is 36.9 Å². The fourth-order valence-corrected chi connectivity index (χ4v) is 5.16. The van der Waals surface area contributed by atoms with Crippen LogP contribution in [0.5, 0.6) is 0 Å². The fourth-order valence-electron chi connectivity index (χ4n) is 5.00. The van der Waals surface area contributed by atoms with Crippen LogP contribution in [-0.4, -0.2) is 24.4 Å². The highest BCUT2D eigenvalue weighted by Crippen LogP contribution is 2.34. The number of amides is 1. The summed E-state index contributed by atoms with van der Waals surface area (Å²) in [6.45, 7) is 12.2. The summed E-state index contributed by atoms with van der Waals surface area (Å²) in [5.74, 6) is -2.29. The SMILES string of the molecule is C=C(C)N[C@@](C)(CC(=O)CC1CCOC(C)C1)c1cccc(NC(=O)c2cc(Cl)c(F)cc2F)c1C. The molecule has 0 saturated carbocycles. The van der Waals surface area contributed by atoms with E-state index in [1.54, 1.807) is 12.1 Å². The maximum Gasteiger partial charge on any atom is 0.258 e. The molecule has 1 heterocycles. The van der Waals surface area contributed by atoms with Gasteiger partial charge in [-0.3, -0.25) is 9.59 Å². The molecular formula is C28H33ClF2N2O3. The van der Waals surface area contributed by atoms with Gasteiger partial charge in [-0.1, -0.05) is 30.3 Å². The van der Waals surface area contributed by atoms with Crippen molar-refractivity contribution in [2.75, 3.05) is 11.9 Å². The van der Waals surface area contributed by atoms with Crippen molar-refractivity contribution in [2.24, 2.45) is 5.92 Å². The van der Waals surface area contributed by atoms with Crippen LogP contribution in [-0.2, 0) is 15.1 Å². The molecule has 1 aliphatic heterocycles. The lowest BCUT2D eigenvalue weighted by Crippen LogP contribution is -2.41. The van der Waals surface area contributed by atoms with Crippen molar-refractivity contribution in [2.45, 2.75) is 65.0 Å². The minimum Gasteiger partial charge on any atom is -0.379 e. The minimum atomic E-state index is -1.01. The van der Waals surface area contributed by atoms with Crippen LogP contribution in [0.2, 0.25) is 5.02 Å². The Balaban J connectivity index is 1.86. The second-order valence-electron chi connectivity index (χ2n) is 9.91. The second-order valence-corrected chi connectivity index (χ2v) is 10.3. The molecular weight excluding hydrogens is 486 g/mol. The van der Waals surface area contributed by atoms with Gasteiger partial charge < -0.3 is 15.4 Å². The number of rotatable bonds is 9. The number of hydrogen-bond acceptors (Lipinski definition) is 4. The van der Waals surface area contributed by atoms with E-state index in [0.717, 1.165) is 24.5 Å². The quantitative estimate of drug-likeness (QED) is 0.363. The van der Waals surface area contributed by atoms with Crippen LogP contribution in [0.15, 0.2) is 42.6 Å². The van der Waals surface area contributed by atoms with Gasteiger partial charge in [-0.05, 0) is 69.7 Å². The molecule has 0 aromatic heterocycles. The number of nitrogens with one attached hydrogen (secondary N) is 2. The van der Waals surface area contributed by atoms with E-state index in [9.17, 15) is 18.4 Å². The van der Waals surface area contributed by atoms with Crippen molar-refractivity contribution in [3.63, 3.8) is 0 Å². The Morgan fingerprint density at radius 1 is 1.25 bits per heavy atom. The average molecular weight is 519 g/mol. The monoisotopic (exact) mass is 518 g/mol. The first-order chi connectivity index (χ1) is 16.9. The highest BCUT2D eigenvalue weighted by Gasteiger charge is 2.33. The molecule has 2 N–H and O–H groups in total. The van der Waals surface area contributed by atoms with Crippen LogP contribution >= 0.6 is 11.6 Å². The Labute approximate surface area is 216 Å². The lowest BCUT2D eigenvalue weighted by molar-refractivity contribution is -0.122. The van der Waals surface area contributed by atoms with Crippen LogP contribution in [0.25, 0.3) is 0 Å². The maximum atomic E-state index is 14.2. The molecule has 5 nitrogen and oxygen atoms in total. The van der Waals surface area contributed by atoms with Gasteiger partial charge in [0.2, 0.25) is 0 Å². The molecule has 36 heavy (non-hydrogen) atoms. The van der Waals surface area contributed by atoms with E-state index < -0.39 is 23.1 Å². The average Bonchev–Trinajstić information content (AvgIpc) is 2.76. The molecule has 3 rings (SSSR count). The number of hydrogen-bond donors (Lipinski definition) is 2. The molecule has 0 radical (unpaired) electrons. The van der Waals surface area contributed by atoms with Gasteiger partial charge >= 0.3 is 0 Å². The molecule has 8 heteroatoms. The molecule has 2 aromatic rings. The highest BCUT2D eigenvalue weighted by atomic mass is 35.5. The Bertz CT molecular complexity index is 1170. The first kappa shape index (κ1) is 27.8. The third kappa shape index (κ3) is 6.71. The number of allylic oxidation sites excluding steroid dienone is 1. The number of anilines is 1. The van der Waals surface area contributed by atoms with Crippen LogP contribution in [0.1, 0.15) is 67.9 Å². The number of halogens is 3. The van der Waals surface area contributed by atoms with Crippen molar-refractivity contribution in [1.29, 1.82) is 0 Å². The third-order valence-electron chi connectivity index (χ3n) is 6.58. The summed E-state index contributed by atoms with van der Waals surface area (Å²) in [5.41, 5.74) is 1.50. The molecule has 1 fully saturated rings. The van der Waals surface area contributed by atoms with Crippen molar-refractivity contribution in [3.05, 3.63) is 76.0 Å². The Morgan fingerprint density at radius 2 is 1.97 bits per heavy atom. The van der Waals surface area contributed by atoms with E-state index in [-0.39, 0.29) is 28.9 Å². The van der Waals surface area contributed by atoms with E-state index in [0.29, 0.717) is 42.0 Å². The summed E-state index contributed by atoms with van der Waals surface area (Å²) in [5, 5.41) is 5.70. The summed E-state index contributed by atoms with van der Waals surface area (Å²) < 4.78 is 33.4. The van der Waals surface area contributed by atoms with Crippen molar-refractivity contribution >= 4 is 29.0 Å². The number of ketones is 1. The van der Waals surface area contributed by atoms with Gasteiger partial charge in [0.05, 0.1) is 22.2 Å². The molecule has 0 bridgehead atoms. The molecule has 194 valence electrons. The van der Waals surface area contributed by atoms with Gasteiger partial charge in [0.15, 0.2) is 0 Å². The molecule has 2 unspecified atom stereocenters. The highest BCUT2D eigenvalue weighted by molar-refractivity contribution is 6.31. The minimum absolute atomic E-state index is 0.127. The van der Waals surface area contributed by atoms with E-state index in [2.05, 4.69) is 17.2 Å². The lowest BCUT2D eigenvalue weighted by atomic mass is 9.81. The number of carbonyl (C=O) groups is 2. The van der Waals surface area contributed by atoms with Crippen molar-refractivity contribution in [1.82, 2.24) is 5.32 Å². The van der Waals surface area contributed by atoms with Gasteiger partial charge in [-0.25, -0.2) is 8.78 Å². The summed E-state index contributed by atoms with van der Waals surface area (Å²) >= 11 is 5.75. The molecule has 1 saturated heterocycles. The third-order valence-corrected chi connectivity index (χ3v) is 6.87.